The molecule has 0 saturated carbocycles. The minimum Gasteiger partial charge on any atom is -0.307 e. The molecule has 0 bridgehead atoms. The molecule has 25 heavy (non-hydrogen) atoms. The zero-order valence-electron chi connectivity index (χ0n) is 14.0. The maximum Gasteiger partial charge on any atom is 0.323 e. The van der Waals surface area contributed by atoms with Gasteiger partial charge >= 0.3 is 6.03 Å². The number of nitrogens with one attached hydrogen (secondary N) is 1. The topological polar surface area (TPSA) is 32.3 Å². The minimum atomic E-state index is -3.09. The zero-order chi connectivity index (χ0) is 18.2. The maximum atomic E-state index is 14.0. The van der Waals surface area contributed by atoms with Crippen LogP contribution in [0, 0.1) is 5.82 Å². The lowest BCUT2D eigenvalue weighted by atomic mass is 9.76. The number of alkyl halides is 2. The van der Waals surface area contributed by atoms with Gasteiger partial charge in [0.25, 0.3) is 5.92 Å². The Morgan fingerprint density at radius 3 is 2.44 bits per heavy atom. The van der Waals surface area contributed by atoms with Gasteiger partial charge in [-0.3, -0.25) is 0 Å². The number of anilines is 1. The number of amides is 2. The van der Waals surface area contributed by atoms with E-state index in [-0.39, 0.29) is 0 Å². The SMILES string of the molecule is CCC1(c2ccccc2)c2cc(F)ccc2NC(=O)N1CC(C)(F)F. The molecule has 3 nitrogen and oxygen atoms in total. The van der Waals surface area contributed by atoms with Gasteiger partial charge in [0.15, 0.2) is 0 Å². The second-order valence-electron chi connectivity index (χ2n) is 6.36. The molecule has 3 rings (SSSR count). The molecule has 2 amide bonds. The first-order valence-corrected chi connectivity index (χ1v) is 8.10. The van der Waals surface area contributed by atoms with Crippen LogP contribution >= 0.6 is 0 Å². The van der Waals surface area contributed by atoms with Crippen molar-refractivity contribution in [2.45, 2.75) is 31.7 Å². The molecular weight excluding hydrogens is 329 g/mol. The fourth-order valence-corrected chi connectivity index (χ4v) is 3.56. The van der Waals surface area contributed by atoms with Crippen molar-refractivity contribution in [3.8, 4) is 0 Å². The van der Waals surface area contributed by atoms with E-state index in [0.717, 1.165) is 11.8 Å². The summed E-state index contributed by atoms with van der Waals surface area (Å²) >= 11 is 0. The van der Waals surface area contributed by atoms with Gasteiger partial charge in [-0.25, -0.2) is 18.0 Å². The third kappa shape index (κ3) is 2.97. The highest BCUT2D eigenvalue weighted by atomic mass is 19.3. The Morgan fingerprint density at radius 1 is 1.16 bits per heavy atom. The quantitative estimate of drug-likeness (QED) is 0.830. The molecule has 0 aromatic heterocycles. The van der Waals surface area contributed by atoms with Gasteiger partial charge in [0.1, 0.15) is 5.82 Å². The average Bonchev–Trinajstić information content (AvgIpc) is 2.56. The number of carbonyl (C=O) groups is 1. The summed E-state index contributed by atoms with van der Waals surface area (Å²) in [6.45, 7) is 1.81. The molecular formula is C19H19F3N2O. The first kappa shape index (κ1) is 17.3. The van der Waals surface area contributed by atoms with Crippen LogP contribution in [0.25, 0.3) is 0 Å². The molecule has 1 N–H and O–H groups in total. The number of halogens is 3. The standard InChI is InChI=1S/C19H19F3N2O/c1-3-19(13-7-5-4-6-8-13)15-11-14(20)9-10-16(15)23-17(25)24(19)12-18(2,21)22/h4-11H,3,12H2,1-2H3,(H,23,25). The molecule has 0 saturated heterocycles. The number of urea groups is 1. The van der Waals surface area contributed by atoms with Gasteiger partial charge in [-0.15, -0.1) is 0 Å². The van der Waals surface area contributed by atoms with Gasteiger partial charge < -0.3 is 10.2 Å². The number of benzene rings is 2. The maximum absolute atomic E-state index is 14.0. The second kappa shape index (κ2) is 6.10. The van der Waals surface area contributed by atoms with Gasteiger partial charge in [-0.1, -0.05) is 37.3 Å². The number of fused-ring (bicyclic) bond motifs is 1. The lowest BCUT2D eigenvalue weighted by Crippen LogP contribution is -2.58. The van der Waals surface area contributed by atoms with Crippen molar-refractivity contribution < 1.29 is 18.0 Å². The fourth-order valence-electron chi connectivity index (χ4n) is 3.56. The molecule has 2 aromatic rings. The highest BCUT2D eigenvalue weighted by Gasteiger charge is 2.49. The van der Waals surface area contributed by atoms with E-state index in [4.69, 9.17) is 0 Å². The van der Waals surface area contributed by atoms with E-state index in [1.54, 1.807) is 37.3 Å². The van der Waals surface area contributed by atoms with Gasteiger partial charge in [-0.2, -0.15) is 0 Å². The van der Waals surface area contributed by atoms with Crippen LogP contribution in [0.4, 0.5) is 23.7 Å². The molecule has 1 heterocycles. The Morgan fingerprint density at radius 2 is 1.84 bits per heavy atom. The summed E-state index contributed by atoms with van der Waals surface area (Å²) in [5.74, 6) is -3.57. The average molecular weight is 348 g/mol. The summed E-state index contributed by atoms with van der Waals surface area (Å²) in [5, 5.41) is 2.61. The van der Waals surface area contributed by atoms with Crippen LogP contribution in [0.3, 0.4) is 0 Å². The summed E-state index contributed by atoms with van der Waals surface area (Å²) in [7, 11) is 0. The van der Waals surface area contributed by atoms with Crippen LogP contribution in [0.2, 0.25) is 0 Å². The number of carbonyl (C=O) groups excluding carboxylic acids is 1. The third-order valence-electron chi connectivity index (χ3n) is 4.57. The number of nitrogens with zero attached hydrogens (tertiary/aromatic N) is 1. The van der Waals surface area contributed by atoms with E-state index in [1.165, 1.54) is 18.2 Å². The Bertz CT molecular complexity index is 789. The van der Waals surface area contributed by atoms with Crippen LogP contribution in [0.5, 0.6) is 0 Å². The van der Waals surface area contributed by atoms with Gasteiger partial charge in [-0.05, 0) is 30.2 Å². The van der Waals surface area contributed by atoms with Crippen LogP contribution in [-0.4, -0.2) is 23.4 Å². The van der Waals surface area contributed by atoms with Crippen molar-refractivity contribution in [1.29, 1.82) is 0 Å². The highest BCUT2D eigenvalue weighted by molar-refractivity contribution is 5.94. The van der Waals surface area contributed by atoms with Gasteiger partial charge in [0.05, 0.1) is 12.1 Å². The smallest absolute Gasteiger partial charge is 0.307 e. The van der Waals surface area contributed by atoms with Gasteiger partial charge in [0, 0.05) is 18.2 Å². The van der Waals surface area contributed by atoms with E-state index in [1.807, 2.05) is 0 Å². The molecule has 0 radical (unpaired) electrons. The van der Waals surface area contributed by atoms with E-state index in [2.05, 4.69) is 5.32 Å². The van der Waals surface area contributed by atoms with Crippen molar-refractivity contribution >= 4 is 11.7 Å². The lowest BCUT2D eigenvalue weighted by Gasteiger charge is -2.48. The molecule has 1 unspecified atom stereocenters. The zero-order valence-corrected chi connectivity index (χ0v) is 14.0. The van der Waals surface area contributed by atoms with Gasteiger partial charge in [0.2, 0.25) is 0 Å². The Balaban J connectivity index is 2.30. The molecule has 1 aliphatic heterocycles. The predicted octanol–water partition coefficient (Wildman–Crippen LogP) is 4.98. The van der Waals surface area contributed by atoms with E-state index in [9.17, 15) is 18.0 Å². The minimum absolute atomic E-state index is 0.330. The van der Waals surface area contributed by atoms with Crippen LogP contribution in [0.15, 0.2) is 48.5 Å². The Hall–Kier alpha value is -2.50. The fraction of sp³-hybridized carbons (Fsp3) is 0.316. The van der Waals surface area contributed by atoms with Crippen molar-refractivity contribution in [1.82, 2.24) is 4.90 Å². The van der Waals surface area contributed by atoms with E-state index >= 15 is 0 Å². The van der Waals surface area contributed by atoms with Crippen molar-refractivity contribution in [3.05, 3.63) is 65.5 Å². The van der Waals surface area contributed by atoms with Crippen molar-refractivity contribution in [2.24, 2.45) is 0 Å². The number of hydrogen-bond acceptors (Lipinski definition) is 1. The predicted molar refractivity (Wildman–Crippen MR) is 90.3 cm³/mol. The summed E-state index contributed by atoms with van der Waals surface area (Å²) in [6, 6.07) is 12.3. The molecule has 0 fully saturated rings. The molecule has 1 aliphatic rings. The second-order valence-corrected chi connectivity index (χ2v) is 6.36. The normalized spacial score (nSPS) is 20.2. The summed E-state index contributed by atoms with van der Waals surface area (Å²) < 4.78 is 41.6. The number of rotatable bonds is 4. The monoisotopic (exact) mass is 348 g/mol. The molecule has 0 spiro atoms. The van der Waals surface area contributed by atoms with Crippen molar-refractivity contribution in [3.63, 3.8) is 0 Å². The summed E-state index contributed by atoms with van der Waals surface area (Å²) in [4.78, 5) is 13.8. The molecule has 6 heteroatoms. The lowest BCUT2D eigenvalue weighted by molar-refractivity contribution is -0.0255. The highest BCUT2D eigenvalue weighted by Crippen LogP contribution is 2.46. The van der Waals surface area contributed by atoms with E-state index in [0.29, 0.717) is 23.2 Å². The summed E-state index contributed by atoms with van der Waals surface area (Å²) in [5.41, 5.74) is 0.418. The van der Waals surface area contributed by atoms with Crippen molar-refractivity contribution in [2.75, 3.05) is 11.9 Å². The van der Waals surface area contributed by atoms with Crippen LogP contribution in [0.1, 0.15) is 31.4 Å². The first-order valence-electron chi connectivity index (χ1n) is 8.10. The molecule has 1 atom stereocenters. The first-order chi connectivity index (χ1) is 11.8. The molecule has 2 aromatic carbocycles. The van der Waals surface area contributed by atoms with Crippen LogP contribution < -0.4 is 5.32 Å². The Labute approximate surface area is 144 Å². The summed E-state index contributed by atoms with van der Waals surface area (Å²) in [6.07, 6.45) is 0.330. The number of hydrogen-bond donors (Lipinski definition) is 1. The Kier molecular flexibility index (Phi) is 4.22. The molecule has 132 valence electrons. The third-order valence-corrected chi connectivity index (χ3v) is 4.57. The van der Waals surface area contributed by atoms with E-state index < -0.39 is 29.9 Å². The molecule has 0 aliphatic carbocycles. The largest absolute Gasteiger partial charge is 0.323 e. The van der Waals surface area contributed by atoms with Crippen LogP contribution in [-0.2, 0) is 5.54 Å².